The van der Waals surface area contributed by atoms with Crippen molar-refractivity contribution in [2.75, 3.05) is 43.5 Å². The van der Waals surface area contributed by atoms with E-state index in [0.717, 1.165) is 56.7 Å². The number of hydrogen-bond acceptors (Lipinski definition) is 4. The number of ether oxygens (including phenoxy) is 2. The molecule has 2 N–H and O–H groups in total. The van der Waals surface area contributed by atoms with E-state index >= 15 is 0 Å². The maximum atomic E-state index is 5.98. The number of benzene rings is 1. The molecule has 1 aromatic rings. The molecule has 0 spiro atoms. The summed E-state index contributed by atoms with van der Waals surface area (Å²) in [7, 11) is 0. The Balaban J connectivity index is 1.63. The Bertz CT molecular complexity index is 426. The molecule has 1 heterocycles. The number of morpholine rings is 1. The number of nitrogens with zero attached hydrogens (tertiary/aromatic N) is 1. The molecular formula is C15H22N2O2. The second-order valence-corrected chi connectivity index (χ2v) is 5.40. The van der Waals surface area contributed by atoms with Gasteiger partial charge >= 0.3 is 0 Å². The molecule has 2 aliphatic rings. The third-order valence-corrected chi connectivity index (χ3v) is 3.85. The summed E-state index contributed by atoms with van der Waals surface area (Å²) in [6.07, 6.45) is 3.89. The molecule has 1 aliphatic carbocycles. The number of anilines is 2. The minimum Gasteiger partial charge on any atom is -0.491 e. The fourth-order valence-corrected chi connectivity index (χ4v) is 2.41. The van der Waals surface area contributed by atoms with Gasteiger partial charge in [-0.15, -0.1) is 0 Å². The first-order valence-electron chi connectivity index (χ1n) is 7.18. The van der Waals surface area contributed by atoms with E-state index in [-0.39, 0.29) is 0 Å². The molecule has 0 unspecified atom stereocenters. The lowest BCUT2D eigenvalue weighted by Gasteiger charge is -2.29. The predicted molar refractivity (Wildman–Crippen MR) is 76.7 cm³/mol. The third-order valence-electron chi connectivity index (χ3n) is 3.85. The van der Waals surface area contributed by atoms with Crippen LogP contribution in [0.15, 0.2) is 18.2 Å². The highest BCUT2D eigenvalue weighted by Gasteiger charge is 2.21. The molecule has 4 heteroatoms. The van der Waals surface area contributed by atoms with Gasteiger partial charge in [0.2, 0.25) is 0 Å². The molecule has 1 aliphatic heterocycles. The van der Waals surface area contributed by atoms with Crippen molar-refractivity contribution in [2.45, 2.75) is 19.3 Å². The van der Waals surface area contributed by atoms with Crippen LogP contribution in [0.1, 0.15) is 19.3 Å². The first kappa shape index (κ1) is 12.6. The van der Waals surface area contributed by atoms with E-state index in [9.17, 15) is 0 Å². The van der Waals surface area contributed by atoms with Gasteiger partial charge in [-0.3, -0.25) is 0 Å². The number of nitrogen functional groups attached to an aromatic ring is 1. The van der Waals surface area contributed by atoms with Crippen molar-refractivity contribution in [1.82, 2.24) is 0 Å². The van der Waals surface area contributed by atoms with E-state index in [1.54, 1.807) is 0 Å². The molecule has 104 valence electrons. The zero-order valence-corrected chi connectivity index (χ0v) is 11.3. The van der Waals surface area contributed by atoms with E-state index in [4.69, 9.17) is 15.2 Å². The van der Waals surface area contributed by atoms with E-state index in [1.807, 2.05) is 6.07 Å². The summed E-state index contributed by atoms with van der Waals surface area (Å²) >= 11 is 0. The largest absolute Gasteiger partial charge is 0.491 e. The monoisotopic (exact) mass is 262 g/mol. The normalized spacial score (nSPS) is 19.5. The van der Waals surface area contributed by atoms with E-state index in [0.29, 0.717) is 0 Å². The number of hydrogen-bond donors (Lipinski definition) is 1. The van der Waals surface area contributed by atoms with Crippen molar-refractivity contribution in [3.05, 3.63) is 18.2 Å². The van der Waals surface area contributed by atoms with Gasteiger partial charge in [0, 0.05) is 24.8 Å². The van der Waals surface area contributed by atoms with Gasteiger partial charge in [-0.05, 0) is 24.5 Å². The van der Waals surface area contributed by atoms with Gasteiger partial charge in [-0.1, -0.05) is 12.8 Å². The minimum atomic E-state index is 0.729. The molecule has 1 saturated carbocycles. The predicted octanol–water partition coefficient (Wildman–Crippen LogP) is 2.28. The summed E-state index contributed by atoms with van der Waals surface area (Å²) in [6.45, 7) is 4.24. The van der Waals surface area contributed by atoms with E-state index in [1.165, 1.54) is 18.5 Å². The summed E-state index contributed by atoms with van der Waals surface area (Å²) < 4.78 is 11.2. The first-order chi connectivity index (χ1) is 9.33. The van der Waals surface area contributed by atoms with Crippen molar-refractivity contribution in [3.8, 4) is 5.75 Å². The molecule has 1 saturated heterocycles. The fraction of sp³-hybridized carbons (Fsp3) is 0.600. The van der Waals surface area contributed by atoms with Gasteiger partial charge < -0.3 is 20.1 Å². The van der Waals surface area contributed by atoms with Gasteiger partial charge in [-0.2, -0.15) is 0 Å². The van der Waals surface area contributed by atoms with Gasteiger partial charge in [0.25, 0.3) is 0 Å². The minimum absolute atomic E-state index is 0.729. The molecule has 0 aromatic heterocycles. The van der Waals surface area contributed by atoms with Crippen LogP contribution in [0.25, 0.3) is 0 Å². The van der Waals surface area contributed by atoms with Gasteiger partial charge in [-0.25, -0.2) is 0 Å². The Morgan fingerprint density at radius 1 is 1.26 bits per heavy atom. The highest BCUT2D eigenvalue weighted by molar-refractivity contribution is 5.62. The summed E-state index contributed by atoms with van der Waals surface area (Å²) in [6, 6.07) is 6.07. The standard InChI is InChI=1S/C15H22N2O2/c16-14-4-3-13(17-6-9-18-10-7-17)11-15(14)19-8-5-12-1-2-12/h3-4,11-12H,1-2,5-10,16H2. The Kier molecular flexibility index (Phi) is 3.78. The molecule has 1 aromatic carbocycles. The molecule has 4 nitrogen and oxygen atoms in total. The lowest BCUT2D eigenvalue weighted by molar-refractivity contribution is 0.122. The van der Waals surface area contributed by atoms with Gasteiger partial charge in [0.15, 0.2) is 0 Å². The average molecular weight is 262 g/mol. The summed E-state index contributed by atoms with van der Waals surface area (Å²) in [5, 5.41) is 0. The molecule has 2 fully saturated rings. The molecule has 0 bridgehead atoms. The first-order valence-corrected chi connectivity index (χ1v) is 7.18. The summed E-state index contributed by atoms with van der Waals surface area (Å²) in [5.41, 5.74) is 7.89. The van der Waals surface area contributed by atoms with Crippen LogP contribution < -0.4 is 15.4 Å². The van der Waals surface area contributed by atoms with Crippen molar-refractivity contribution in [2.24, 2.45) is 5.92 Å². The Morgan fingerprint density at radius 3 is 2.79 bits per heavy atom. The smallest absolute Gasteiger partial charge is 0.144 e. The lowest BCUT2D eigenvalue weighted by Crippen LogP contribution is -2.36. The van der Waals surface area contributed by atoms with Gasteiger partial charge in [0.1, 0.15) is 5.75 Å². The van der Waals surface area contributed by atoms with Gasteiger partial charge in [0.05, 0.1) is 25.5 Å². The number of rotatable bonds is 5. The summed E-state index contributed by atoms with van der Waals surface area (Å²) in [4.78, 5) is 2.32. The van der Waals surface area contributed by atoms with Crippen LogP contribution in [0.5, 0.6) is 5.75 Å². The highest BCUT2D eigenvalue weighted by atomic mass is 16.5. The third kappa shape index (κ3) is 3.32. The Hall–Kier alpha value is -1.42. The van der Waals surface area contributed by atoms with Crippen molar-refractivity contribution < 1.29 is 9.47 Å². The zero-order chi connectivity index (χ0) is 13.1. The van der Waals surface area contributed by atoms with E-state index in [2.05, 4.69) is 17.0 Å². The second kappa shape index (κ2) is 5.70. The van der Waals surface area contributed by atoms with Crippen LogP contribution in [-0.2, 0) is 4.74 Å². The lowest BCUT2D eigenvalue weighted by atomic mass is 10.2. The molecule has 0 atom stereocenters. The maximum absolute atomic E-state index is 5.98. The summed E-state index contributed by atoms with van der Waals surface area (Å²) in [5.74, 6) is 1.72. The van der Waals surface area contributed by atoms with Crippen LogP contribution in [0.3, 0.4) is 0 Å². The van der Waals surface area contributed by atoms with Crippen LogP contribution in [0.2, 0.25) is 0 Å². The SMILES string of the molecule is Nc1ccc(N2CCOCC2)cc1OCCC1CC1. The van der Waals surface area contributed by atoms with Crippen LogP contribution in [0.4, 0.5) is 11.4 Å². The topological polar surface area (TPSA) is 47.7 Å². The molecule has 0 radical (unpaired) electrons. The average Bonchev–Trinajstić information content (AvgIpc) is 3.26. The van der Waals surface area contributed by atoms with E-state index < -0.39 is 0 Å². The molecular weight excluding hydrogens is 240 g/mol. The quantitative estimate of drug-likeness (QED) is 0.827. The Labute approximate surface area is 114 Å². The van der Waals surface area contributed by atoms with Crippen LogP contribution >= 0.6 is 0 Å². The highest BCUT2D eigenvalue weighted by Crippen LogP contribution is 2.33. The maximum Gasteiger partial charge on any atom is 0.144 e. The van der Waals surface area contributed by atoms with Crippen molar-refractivity contribution >= 4 is 11.4 Å². The number of nitrogens with two attached hydrogens (primary N) is 1. The zero-order valence-electron chi connectivity index (χ0n) is 11.3. The second-order valence-electron chi connectivity index (χ2n) is 5.40. The Morgan fingerprint density at radius 2 is 2.05 bits per heavy atom. The fourth-order valence-electron chi connectivity index (χ4n) is 2.41. The molecule has 19 heavy (non-hydrogen) atoms. The van der Waals surface area contributed by atoms with Crippen molar-refractivity contribution in [1.29, 1.82) is 0 Å². The van der Waals surface area contributed by atoms with Crippen LogP contribution in [0, 0.1) is 5.92 Å². The molecule has 3 rings (SSSR count). The molecule has 0 amide bonds. The van der Waals surface area contributed by atoms with Crippen molar-refractivity contribution in [3.63, 3.8) is 0 Å². The van der Waals surface area contributed by atoms with Crippen LogP contribution in [-0.4, -0.2) is 32.9 Å².